The summed E-state index contributed by atoms with van der Waals surface area (Å²) in [7, 11) is 0. The highest BCUT2D eigenvalue weighted by molar-refractivity contribution is 9.09. The zero-order chi connectivity index (χ0) is 11.8. The molecule has 1 aromatic carbocycles. The maximum absolute atomic E-state index is 11.5. The van der Waals surface area contributed by atoms with Crippen LogP contribution in [0.1, 0.15) is 10.6 Å². The SMILES string of the molecule is O=C(CBr)c1cc2ccc3c(c2o1)OCCO3. The second kappa shape index (κ2) is 4.07. The summed E-state index contributed by atoms with van der Waals surface area (Å²) >= 11 is 3.12. The van der Waals surface area contributed by atoms with Gasteiger partial charge in [-0.2, -0.15) is 0 Å². The molecule has 0 aliphatic carbocycles. The number of ketones is 1. The quantitative estimate of drug-likeness (QED) is 0.632. The number of hydrogen-bond donors (Lipinski definition) is 0. The molecule has 0 fully saturated rings. The molecule has 1 aliphatic heterocycles. The summed E-state index contributed by atoms with van der Waals surface area (Å²) in [6.07, 6.45) is 0. The molecule has 1 aromatic heterocycles. The zero-order valence-corrected chi connectivity index (χ0v) is 10.5. The van der Waals surface area contributed by atoms with Crippen LogP contribution in [0, 0.1) is 0 Å². The molecule has 0 amide bonds. The molecule has 0 saturated heterocycles. The molecule has 0 atom stereocenters. The number of Topliss-reactive ketones (excluding diaryl/α,β-unsaturated/α-hetero) is 1. The van der Waals surface area contributed by atoms with Crippen LogP contribution in [0.3, 0.4) is 0 Å². The average molecular weight is 297 g/mol. The van der Waals surface area contributed by atoms with Crippen molar-refractivity contribution < 1.29 is 18.7 Å². The third kappa shape index (κ3) is 1.70. The van der Waals surface area contributed by atoms with Crippen molar-refractivity contribution in [3.63, 3.8) is 0 Å². The molecule has 17 heavy (non-hydrogen) atoms. The number of carbonyl (C=O) groups is 1. The molecule has 2 heterocycles. The monoisotopic (exact) mass is 296 g/mol. The highest BCUT2D eigenvalue weighted by atomic mass is 79.9. The van der Waals surface area contributed by atoms with E-state index >= 15 is 0 Å². The number of fused-ring (bicyclic) bond motifs is 3. The van der Waals surface area contributed by atoms with Crippen LogP contribution in [-0.2, 0) is 0 Å². The van der Waals surface area contributed by atoms with Gasteiger partial charge in [0.1, 0.15) is 13.2 Å². The molecule has 3 rings (SSSR count). The first-order valence-electron chi connectivity index (χ1n) is 5.21. The van der Waals surface area contributed by atoms with Crippen molar-refractivity contribution >= 4 is 32.7 Å². The van der Waals surface area contributed by atoms with Crippen molar-refractivity contribution in [1.82, 2.24) is 0 Å². The van der Waals surface area contributed by atoms with E-state index in [2.05, 4.69) is 15.9 Å². The maximum atomic E-state index is 11.5. The predicted molar refractivity (Wildman–Crippen MR) is 65.3 cm³/mol. The molecule has 0 radical (unpaired) electrons. The molecule has 0 bridgehead atoms. The van der Waals surface area contributed by atoms with Crippen molar-refractivity contribution in [2.45, 2.75) is 0 Å². The first-order valence-corrected chi connectivity index (χ1v) is 6.33. The van der Waals surface area contributed by atoms with Gasteiger partial charge in [-0.1, -0.05) is 15.9 Å². The smallest absolute Gasteiger partial charge is 0.208 e. The minimum absolute atomic E-state index is 0.0910. The van der Waals surface area contributed by atoms with E-state index in [0.717, 1.165) is 5.39 Å². The van der Waals surface area contributed by atoms with Crippen molar-refractivity contribution in [2.75, 3.05) is 18.5 Å². The predicted octanol–water partition coefficient (Wildman–Crippen LogP) is 2.78. The first kappa shape index (κ1) is 10.7. The van der Waals surface area contributed by atoms with Gasteiger partial charge in [-0.3, -0.25) is 4.79 Å². The first-order chi connectivity index (χ1) is 8.29. The van der Waals surface area contributed by atoms with Gasteiger partial charge >= 0.3 is 0 Å². The lowest BCUT2D eigenvalue weighted by Crippen LogP contribution is -2.15. The van der Waals surface area contributed by atoms with Gasteiger partial charge in [0.15, 0.2) is 17.1 Å². The van der Waals surface area contributed by atoms with Gasteiger partial charge in [0.25, 0.3) is 0 Å². The summed E-state index contributed by atoms with van der Waals surface area (Å²) in [6, 6.07) is 5.41. The molecule has 0 spiro atoms. The van der Waals surface area contributed by atoms with E-state index in [9.17, 15) is 4.79 Å². The number of furan rings is 1. The Balaban J connectivity index is 2.18. The van der Waals surface area contributed by atoms with Gasteiger partial charge in [-0.25, -0.2) is 0 Å². The van der Waals surface area contributed by atoms with E-state index in [4.69, 9.17) is 13.9 Å². The lowest BCUT2D eigenvalue weighted by Gasteiger charge is -2.17. The van der Waals surface area contributed by atoms with E-state index in [1.165, 1.54) is 0 Å². The van der Waals surface area contributed by atoms with Gasteiger partial charge in [-0.15, -0.1) is 0 Å². The molecular weight excluding hydrogens is 288 g/mol. The van der Waals surface area contributed by atoms with E-state index in [1.807, 2.05) is 12.1 Å². The summed E-state index contributed by atoms with van der Waals surface area (Å²) < 4.78 is 16.5. The van der Waals surface area contributed by atoms with Crippen molar-refractivity contribution in [1.29, 1.82) is 0 Å². The molecular formula is C12H9BrO4. The average Bonchev–Trinajstić information content (AvgIpc) is 2.82. The lowest BCUT2D eigenvalue weighted by atomic mass is 10.2. The van der Waals surface area contributed by atoms with Crippen LogP contribution < -0.4 is 9.47 Å². The standard InChI is InChI=1S/C12H9BrO4/c13-6-8(14)10-5-7-1-2-9-12(11(7)17-10)16-4-3-15-9/h1-2,5H,3-4,6H2. The number of rotatable bonds is 2. The number of carbonyl (C=O) groups excluding carboxylic acids is 1. The van der Waals surface area contributed by atoms with E-state index in [0.29, 0.717) is 36.1 Å². The highest BCUT2D eigenvalue weighted by Gasteiger charge is 2.20. The third-order valence-electron chi connectivity index (χ3n) is 2.59. The van der Waals surface area contributed by atoms with Gasteiger partial charge in [0, 0.05) is 5.39 Å². The Bertz CT molecular complexity index is 587. The maximum Gasteiger partial charge on any atom is 0.208 e. The topological polar surface area (TPSA) is 48.7 Å². The zero-order valence-electron chi connectivity index (χ0n) is 8.86. The summed E-state index contributed by atoms with van der Waals surface area (Å²) in [5.74, 6) is 1.49. The summed E-state index contributed by atoms with van der Waals surface area (Å²) in [6.45, 7) is 1.03. The number of benzene rings is 1. The van der Waals surface area contributed by atoms with Crippen LogP contribution in [0.5, 0.6) is 11.5 Å². The van der Waals surface area contributed by atoms with E-state index in [1.54, 1.807) is 6.07 Å². The van der Waals surface area contributed by atoms with Gasteiger partial charge in [0.2, 0.25) is 11.5 Å². The second-order valence-electron chi connectivity index (χ2n) is 3.68. The van der Waals surface area contributed by atoms with Gasteiger partial charge < -0.3 is 13.9 Å². The normalized spacial score (nSPS) is 13.9. The van der Waals surface area contributed by atoms with E-state index < -0.39 is 0 Å². The Hall–Kier alpha value is -1.49. The van der Waals surface area contributed by atoms with Crippen LogP contribution in [0.2, 0.25) is 0 Å². The van der Waals surface area contributed by atoms with Gasteiger partial charge in [0.05, 0.1) is 5.33 Å². The number of ether oxygens (including phenoxy) is 2. The van der Waals surface area contributed by atoms with Gasteiger partial charge in [-0.05, 0) is 18.2 Å². The van der Waals surface area contributed by atoms with Crippen LogP contribution in [0.15, 0.2) is 22.6 Å². The highest BCUT2D eigenvalue weighted by Crippen LogP contribution is 2.39. The fourth-order valence-corrected chi connectivity index (χ4v) is 2.08. The summed E-state index contributed by atoms with van der Waals surface area (Å²) in [4.78, 5) is 11.5. The van der Waals surface area contributed by atoms with Crippen molar-refractivity contribution in [2.24, 2.45) is 0 Å². The fourth-order valence-electron chi connectivity index (χ4n) is 1.81. The minimum Gasteiger partial charge on any atom is -0.486 e. The third-order valence-corrected chi connectivity index (χ3v) is 3.10. The lowest BCUT2D eigenvalue weighted by molar-refractivity contribution is 0.0995. The minimum atomic E-state index is -0.0910. The molecule has 88 valence electrons. The summed E-state index contributed by atoms with van der Waals surface area (Å²) in [5, 5.41) is 1.09. The van der Waals surface area contributed by atoms with Crippen molar-refractivity contribution in [3.05, 3.63) is 24.0 Å². The summed E-state index contributed by atoms with van der Waals surface area (Å²) in [5.41, 5.74) is 0.575. The molecule has 2 aromatic rings. The van der Waals surface area contributed by atoms with Crippen LogP contribution in [-0.4, -0.2) is 24.3 Å². The largest absolute Gasteiger partial charge is 0.486 e. The molecule has 5 heteroatoms. The van der Waals surface area contributed by atoms with Crippen LogP contribution >= 0.6 is 15.9 Å². The Labute approximate surface area is 106 Å². The van der Waals surface area contributed by atoms with Crippen LogP contribution in [0.4, 0.5) is 0 Å². The van der Waals surface area contributed by atoms with Crippen molar-refractivity contribution in [3.8, 4) is 11.5 Å². The molecule has 0 N–H and O–H groups in total. The number of alkyl halides is 1. The Morgan fingerprint density at radius 1 is 1.29 bits per heavy atom. The Kier molecular flexibility index (Phi) is 2.55. The van der Waals surface area contributed by atoms with Crippen LogP contribution in [0.25, 0.3) is 11.0 Å². The molecule has 1 aliphatic rings. The number of hydrogen-bond acceptors (Lipinski definition) is 4. The molecule has 0 saturated carbocycles. The second-order valence-corrected chi connectivity index (χ2v) is 4.24. The number of halogens is 1. The molecule has 0 unspecified atom stereocenters. The fraction of sp³-hybridized carbons (Fsp3) is 0.250. The Morgan fingerprint density at radius 2 is 2.12 bits per heavy atom. The molecule has 4 nitrogen and oxygen atoms in total. The van der Waals surface area contributed by atoms with E-state index in [-0.39, 0.29) is 11.1 Å². The Morgan fingerprint density at radius 3 is 2.94 bits per heavy atom.